The number of anilines is 1. The Hall–Kier alpha value is -2.16. The van der Waals surface area contributed by atoms with Crippen LogP contribution in [0.3, 0.4) is 0 Å². The Balaban J connectivity index is 3.08. The molecular weight excluding hydrogens is 336 g/mol. The summed E-state index contributed by atoms with van der Waals surface area (Å²) in [6, 6.07) is 1.29. The Kier molecular flexibility index (Phi) is 5.03. The first kappa shape index (κ1) is 15.9. The summed E-state index contributed by atoms with van der Waals surface area (Å²) in [6.07, 6.45) is -0.613. The highest BCUT2D eigenvalue weighted by Gasteiger charge is 2.23. The largest absolute Gasteiger partial charge is 0.481 e. The SMILES string of the molecule is Cc1cc(NC(CC(=O)O)C(=O)O)c(Br)cc1[N+](=O)[O-]. The highest BCUT2D eigenvalue weighted by Crippen LogP contribution is 2.31. The number of nitro benzene ring substituents is 1. The van der Waals surface area contributed by atoms with E-state index in [1.54, 1.807) is 0 Å². The highest BCUT2D eigenvalue weighted by molar-refractivity contribution is 9.10. The summed E-state index contributed by atoms with van der Waals surface area (Å²) in [5, 5.41) is 30.9. The molecule has 3 N–H and O–H groups in total. The number of benzene rings is 1. The number of nitrogens with zero attached hydrogens (tertiary/aromatic N) is 1. The molecule has 0 saturated carbocycles. The third kappa shape index (κ3) is 3.92. The summed E-state index contributed by atoms with van der Waals surface area (Å²) in [6.45, 7) is 1.50. The van der Waals surface area contributed by atoms with Gasteiger partial charge in [-0.15, -0.1) is 0 Å². The Labute approximate surface area is 121 Å². The van der Waals surface area contributed by atoms with E-state index in [2.05, 4.69) is 21.2 Å². The predicted octanol–water partition coefficient (Wildman–Crippen LogP) is 2.01. The number of hydrogen-bond donors (Lipinski definition) is 3. The maximum atomic E-state index is 11.0. The number of aryl methyl sites for hydroxylation is 1. The molecule has 1 rings (SSSR count). The van der Waals surface area contributed by atoms with Gasteiger partial charge in [0.2, 0.25) is 0 Å². The monoisotopic (exact) mass is 346 g/mol. The molecule has 0 heterocycles. The normalized spacial score (nSPS) is 11.7. The number of aliphatic carboxylic acids is 2. The molecule has 8 nitrogen and oxygen atoms in total. The predicted molar refractivity (Wildman–Crippen MR) is 72.8 cm³/mol. The Morgan fingerprint density at radius 3 is 2.50 bits per heavy atom. The van der Waals surface area contributed by atoms with Gasteiger partial charge in [-0.1, -0.05) is 0 Å². The van der Waals surface area contributed by atoms with Gasteiger partial charge in [0, 0.05) is 21.8 Å². The molecule has 0 amide bonds. The van der Waals surface area contributed by atoms with Crippen molar-refractivity contribution in [1.29, 1.82) is 0 Å². The van der Waals surface area contributed by atoms with Crippen molar-refractivity contribution in [2.24, 2.45) is 0 Å². The van der Waals surface area contributed by atoms with Gasteiger partial charge in [-0.2, -0.15) is 0 Å². The third-order valence-corrected chi connectivity index (χ3v) is 3.14. The van der Waals surface area contributed by atoms with Gasteiger partial charge in [0.1, 0.15) is 6.04 Å². The van der Waals surface area contributed by atoms with Gasteiger partial charge in [-0.3, -0.25) is 14.9 Å². The lowest BCUT2D eigenvalue weighted by Gasteiger charge is -2.15. The first-order valence-corrected chi connectivity index (χ1v) is 6.17. The lowest BCUT2D eigenvalue weighted by molar-refractivity contribution is -0.385. The molecule has 1 aromatic carbocycles. The number of carboxylic acids is 2. The van der Waals surface area contributed by atoms with Crippen LogP contribution in [0.15, 0.2) is 16.6 Å². The van der Waals surface area contributed by atoms with Crippen LogP contribution in [-0.2, 0) is 9.59 Å². The number of rotatable bonds is 6. The smallest absolute Gasteiger partial charge is 0.326 e. The second-order valence-electron chi connectivity index (χ2n) is 4.01. The molecular formula is C11H11BrN2O6. The molecule has 0 aliphatic rings. The minimum atomic E-state index is -1.33. The molecule has 0 aromatic heterocycles. The Morgan fingerprint density at radius 1 is 1.45 bits per heavy atom. The molecule has 0 fully saturated rings. The second kappa shape index (κ2) is 6.33. The van der Waals surface area contributed by atoms with Gasteiger partial charge in [-0.25, -0.2) is 4.79 Å². The van der Waals surface area contributed by atoms with Crippen molar-refractivity contribution in [3.05, 3.63) is 32.3 Å². The second-order valence-corrected chi connectivity index (χ2v) is 4.86. The average Bonchev–Trinajstić information content (AvgIpc) is 2.31. The van der Waals surface area contributed by atoms with Crippen LogP contribution in [0.25, 0.3) is 0 Å². The zero-order valence-electron chi connectivity index (χ0n) is 10.3. The van der Waals surface area contributed by atoms with Gasteiger partial charge in [0.05, 0.1) is 11.3 Å². The first-order valence-electron chi connectivity index (χ1n) is 5.38. The zero-order chi connectivity index (χ0) is 15.4. The fraction of sp³-hybridized carbons (Fsp3) is 0.273. The van der Waals surface area contributed by atoms with Crippen molar-refractivity contribution in [3.8, 4) is 0 Å². The molecule has 0 radical (unpaired) electrons. The maximum absolute atomic E-state index is 11.0. The van der Waals surface area contributed by atoms with E-state index < -0.39 is 29.3 Å². The Bertz CT molecular complexity index is 574. The van der Waals surface area contributed by atoms with Crippen molar-refractivity contribution >= 4 is 39.2 Å². The van der Waals surface area contributed by atoms with Gasteiger partial charge in [0.25, 0.3) is 5.69 Å². The molecule has 0 saturated heterocycles. The number of nitrogens with one attached hydrogen (secondary N) is 1. The van der Waals surface area contributed by atoms with Crippen LogP contribution in [0.2, 0.25) is 0 Å². The summed E-state index contributed by atoms with van der Waals surface area (Å²) in [5.41, 5.74) is 0.495. The first-order chi connectivity index (χ1) is 9.22. The fourth-order valence-electron chi connectivity index (χ4n) is 1.54. The van der Waals surface area contributed by atoms with Crippen molar-refractivity contribution in [1.82, 2.24) is 0 Å². The van der Waals surface area contributed by atoms with E-state index in [0.29, 0.717) is 5.56 Å². The van der Waals surface area contributed by atoms with Gasteiger partial charge < -0.3 is 15.5 Å². The van der Waals surface area contributed by atoms with E-state index >= 15 is 0 Å². The lowest BCUT2D eigenvalue weighted by atomic mass is 10.1. The molecule has 0 aliphatic heterocycles. The minimum Gasteiger partial charge on any atom is -0.481 e. The summed E-state index contributed by atoms with van der Waals surface area (Å²) in [4.78, 5) is 31.8. The van der Waals surface area contributed by atoms with Crippen LogP contribution < -0.4 is 5.32 Å². The van der Waals surface area contributed by atoms with Crippen LogP contribution in [0.4, 0.5) is 11.4 Å². The topological polar surface area (TPSA) is 130 Å². The fourth-order valence-corrected chi connectivity index (χ4v) is 1.99. The number of hydrogen-bond acceptors (Lipinski definition) is 5. The van der Waals surface area contributed by atoms with E-state index in [0.717, 1.165) is 0 Å². The number of nitro groups is 1. The van der Waals surface area contributed by atoms with E-state index in [1.807, 2.05) is 0 Å². The van der Waals surface area contributed by atoms with E-state index in [4.69, 9.17) is 10.2 Å². The van der Waals surface area contributed by atoms with Gasteiger partial charge >= 0.3 is 11.9 Å². The Morgan fingerprint density at radius 2 is 2.05 bits per heavy atom. The number of carboxylic acid groups (broad SMARTS) is 2. The van der Waals surface area contributed by atoms with Crippen molar-refractivity contribution in [2.45, 2.75) is 19.4 Å². The summed E-state index contributed by atoms with van der Waals surface area (Å²) >= 11 is 3.09. The lowest BCUT2D eigenvalue weighted by Crippen LogP contribution is -2.31. The van der Waals surface area contributed by atoms with Crippen LogP contribution in [0, 0.1) is 17.0 Å². The molecule has 1 atom stereocenters. The average molecular weight is 347 g/mol. The molecule has 9 heteroatoms. The summed E-state index contributed by atoms with van der Waals surface area (Å²) in [5.74, 6) is -2.59. The minimum absolute atomic E-state index is 0.118. The van der Waals surface area contributed by atoms with E-state index in [-0.39, 0.29) is 15.8 Å². The quantitative estimate of drug-likeness (QED) is 0.530. The van der Waals surface area contributed by atoms with Crippen LogP contribution in [-0.4, -0.2) is 33.1 Å². The van der Waals surface area contributed by atoms with E-state index in [1.165, 1.54) is 19.1 Å². The van der Waals surface area contributed by atoms with Crippen LogP contribution in [0.1, 0.15) is 12.0 Å². The van der Waals surface area contributed by atoms with Gasteiger partial charge in [-0.05, 0) is 28.9 Å². The summed E-state index contributed by atoms with van der Waals surface area (Å²) in [7, 11) is 0. The highest BCUT2D eigenvalue weighted by atomic mass is 79.9. The zero-order valence-corrected chi connectivity index (χ0v) is 11.9. The van der Waals surface area contributed by atoms with Crippen LogP contribution in [0.5, 0.6) is 0 Å². The van der Waals surface area contributed by atoms with Crippen molar-refractivity contribution in [3.63, 3.8) is 0 Å². The molecule has 20 heavy (non-hydrogen) atoms. The molecule has 108 valence electrons. The molecule has 1 unspecified atom stereocenters. The molecule has 0 bridgehead atoms. The third-order valence-electron chi connectivity index (χ3n) is 2.49. The standard InChI is InChI=1S/C11H11BrN2O6/c1-5-2-7(6(12)3-9(5)14(19)20)13-8(11(17)18)4-10(15)16/h2-3,8,13H,4H2,1H3,(H,15,16)(H,17,18). The van der Waals surface area contributed by atoms with Crippen molar-refractivity contribution < 1.29 is 24.7 Å². The molecule has 0 aliphatic carbocycles. The molecule has 1 aromatic rings. The van der Waals surface area contributed by atoms with Crippen LogP contribution >= 0.6 is 15.9 Å². The van der Waals surface area contributed by atoms with Gasteiger partial charge in [0.15, 0.2) is 0 Å². The number of carbonyl (C=O) groups is 2. The maximum Gasteiger partial charge on any atom is 0.326 e. The van der Waals surface area contributed by atoms with Crippen molar-refractivity contribution in [2.75, 3.05) is 5.32 Å². The summed E-state index contributed by atoms with van der Waals surface area (Å²) < 4.78 is 0.284. The number of halogens is 1. The van der Waals surface area contributed by atoms with E-state index in [9.17, 15) is 19.7 Å². The molecule has 0 spiro atoms.